The van der Waals surface area contributed by atoms with E-state index in [4.69, 9.17) is 5.73 Å². The second-order valence-electron chi connectivity index (χ2n) is 5.50. The standard InChI is InChI=1S/C15H21N3/c1-11-17-14-10-13(16)6-7-15(14)18(11)9-8-12-4-2-3-5-12/h6-7,10,12H,2-5,8-9,16H2,1H3. The first-order valence-electron chi connectivity index (χ1n) is 6.96. The average molecular weight is 243 g/mol. The maximum atomic E-state index is 5.81. The van der Waals surface area contributed by atoms with Gasteiger partial charge in [-0.2, -0.15) is 0 Å². The van der Waals surface area contributed by atoms with E-state index < -0.39 is 0 Å². The van der Waals surface area contributed by atoms with Crippen molar-refractivity contribution in [1.82, 2.24) is 9.55 Å². The van der Waals surface area contributed by atoms with Crippen LogP contribution in [0, 0.1) is 12.8 Å². The van der Waals surface area contributed by atoms with Crippen LogP contribution in [0.4, 0.5) is 5.69 Å². The molecule has 0 unspecified atom stereocenters. The van der Waals surface area contributed by atoms with E-state index in [1.807, 2.05) is 12.1 Å². The van der Waals surface area contributed by atoms with Gasteiger partial charge in [0.05, 0.1) is 11.0 Å². The lowest BCUT2D eigenvalue weighted by Gasteiger charge is -2.11. The maximum absolute atomic E-state index is 5.81. The first kappa shape index (κ1) is 11.6. The molecule has 1 aromatic carbocycles. The number of imidazole rings is 1. The number of rotatable bonds is 3. The Morgan fingerprint density at radius 3 is 2.89 bits per heavy atom. The number of benzene rings is 1. The minimum absolute atomic E-state index is 0.794. The smallest absolute Gasteiger partial charge is 0.106 e. The summed E-state index contributed by atoms with van der Waals surface area (Å²) in [6.45, 7) is 3.18. The summed E-state index contributed by atoms with van der Waals surface area (Å²) in [6.07, 6.45) is 6.96. The van der Waals surface area contributed by atoms with Crippen molar-refractivity contribution in [1.29, 1.82) is 0 Å². The molecule has 1 fully saturated rings. The third kappa shape index (κ3) is 2.09. The van der Waals surface area contributed by atoms with Crippen molar-refractivity contribution in [3.63, 3.8) is 0 Å². The van der Waals surface area contributed by atoms with E-state index in [1.54, 1.807) is 0 Å². The van der Waals surface area contributed by atoms with E-state index in [1.165, 1.54) is 37.6 Å². The van der Waals surface area contributed by atoms with Gasteiger partial charge in [-0.3, -0.25) is 0 Å². The molecule has 1 aliphatic rings. The van der Waals surface area contributed by atoms with Crippen molar-refractivity contribution >= 4 is 16.7 Å². The summed E-state index contributed by atoms with van der Waals surface area (Å²) in [6, 6.07) is 6.03. The van der Waals surface area contributed by atoms with Crippen molar-refractivity contribution in [3.8, 4) is 0 Å². The molecule has 1 saturated carbocycles. The molecule has 3 nitrogen and oxygen atoms in total. The number of aryl methyl sites for hydroxylation is 2. The normalized spacial score (nSPS) is 16.7. The van der Waals surface area contributed by atoms with Gasteiger partial charge in [0.15, 0.2) is 0 Å². The summed E-state index contributed by atoms with van der Waals surface area (Å²) >= 11 is 0. The molecule has 0 atom stereocenters. The van der Waals surface area contributed by atoms with Gasteiger partial charge in [0, 0.05) is 12.2 Å². The number of aromatic nitrogens is 2. The molecule has 0 bridgehead atoms. The summed E-state index contributed by atoms with van der Waals surface area (Å²) in [5.41, 5.74) is 8.85. The van der Waals surface area contributed by atoms with Gasteiger partial charge in [0.2, 0.25) is 0 Å². The number of nitrogen functional groups attached to an aromatic ring is 1. The van der Waals surface area contributed by atoms with Crippen molar-refractivity contribution in [3.05, 3.63) is 24.0 Å². The van der Waals surface area contributed by atoms with E-state index in [-0.39, 0.29) is 0 Å². The molecule has 96 valence electrons. The van der Waals surface area contributed by atoms with Crippen LogP contribution in [-0.4, -0.2) is 9.55 Å². The zero-order valence-electron chi connectivity index (χ0n) is 11.0. The minimum Gasteiger partial charge on any atom is -0.399 e. The summed E-state index contributed by atoms with van der Waals surface area (Å²) < 4.78 is 2.34. The first-order chi connectivity index (χ1) is 8.74. The lowest BCUT2D eigenvalue weighted by molar-refractivity contribution is 0.459. The fraction of sp³-hybridized carbons (Fsp3) is 0.533. The van der Waals surface area contributed by atoms with Crippen LogP contribution in [0.15, 0.2) is 18.2 Å². The van der Waals surface area contributed by atoms with Crippen molar-refractivity contribution in [2.75, 3.05) is 5.73 Å². The lowest BCUT2D eigenvalue weighted by Crippen LogP contribution is -2.05. The van der Waals surface area contributed by atoms with Crippen LogP contribution in [0.3, 0.4) is 0 Å². The molecule has 0 amide bonds. The molecular formula is C15H21N3. The molecule has 2 aromatic rings. The van der Waals surface area contributed by atoms with Crippen LogP contribution in [0.25, 0.3) is 11.0 Å². The highest BCUT2D eigenvalue weighted by Gasteiger charge is 2.16. The van der Waals surface area contributed by atoms with Crippen molar-refractivity contribution < 1.29 is 0 Å². The Bertz CT molecular complexity index is 550. The van der Waals surface area contributed by atoms with Crippen LogP contribution in [-0.2, 0) is 6.54 Å². The topological polar surface area (TPSA) is 43.8 Å². The van der Waals surface area contributed by atoms with Gasteiger partial charge < -0.3 is 10.3 Å². The summed E-state index contributed by atoms with van der Waals surface area (Å²) in [5.74, 6) is 2.03. The van der Waals surface area contributed by atoms with Crippen LogP contribution in [0.5, 0.6) is 0 Å². The zero-order valence-corrected chi connectivity index (χ0v) is 11.0. The quantitative estimate of drug-likeness (QED) is 0.838. The number of anilines is 1. The molecule has 1 heterocycles. The molecule has 1 aromatic heterocycles. The number of hydrogen-bond donors (Lipinski definition) is 1. The van der Waals surface area contributed by atoms with Gasteiger partial charge in [-0.25, -0.2) is 4.98 Å². The second-order valence-corrected chi connectivity index (χ2v) is 5.50. The molecule has 3 rings (SSSR count). The van der Waals surface area contributed by atoms with Crippen LogP contribution >= 0.6 is 0 Å². The lowest BCUT2D eigenvalue weighted by atomic mass is 10.0. The minimum atomic E-state index is 0.794. The maximum Gasteiger partial charge on any atom is 0.106 e. The SMILES string of the molecule is Cc1nc2cc(N)ccc2n1CCC1CCCC1. The van der Waals surface area contributed by atoms with Crippen molar-refractivity contribution in [2.24, 2.45) is 5.92 Å². The number of nitrogens with zero attached hydrogens (tertiary/aromatic N) is 2. The second kappa shape index (κ2) is 4.63. The third-order valence-corrected chi connectivity index (χ3v) is 4.20. The predicted molar refractivity (Wildman–Crippen MR) is 75.5 cm³/mol. The fourth-order valence-corrected chi connectivity index (χ4v) is 3.16. The number of nitrogens with two attached hydrogens (primary N) is 1. The number of fused-ring (bicyclic) bond motifs is 1. The van der Waals surface area contributed by atoms with E-state index in [0.29, 0.717) is 0 Å². The summed E-state index contributed by atoms with van der Waals surface area (Å²) in [4.78, 5) is 4.60. The molecule has 0 aliphatic heterocycles. The highest BCUT2D eigenvalue weighted by Crippen LogP contribution is 2.29. The van der Waals surface area contributed by atoms with Gasteiger partial charge in [-0.05, 0) is 37.5 Å². The van der Waals surface area contributed by atoms with E-state index >= 15 is 0 Å². The van der Waals surface area contributed by atoms with Gasteiger partial charge >= 0.3 is 0 Å². The molecule has 0 spiro atoms. The van der Waals surface area contributed by atoms with E-state index in [2.05, 4.69) is 22.5 Å². The van der Waals surface area contributed by atoms with Gasteiger partial charge in [-0.15, -0.1) is 0 Å². The fourth-order valence-electron chi connectivity index (χ4n) is 3.16. The Hall–Kier alpha value is -1.51. The Morgan fingerprint density at radius 1 is 1.33 bits per heavy atom. The largest absolute Gasteiger partial charge is 0.399 e. The Kier molecular flexibility index (Phi) is 2.98. The average Bonchev–Trinajstić information content (AvgIpc) is 2.93. The van der Waals surface area contributed by atoms with Gasteiger partial charge in [0.25, 0.3) is 0 Å². The molecule has 3 heteroatoms. The predicted octanol–water partition coefficient (Wildman–Crippen LogP) is 3.51. The monoisotopic (exact) mass is 243 g/mol. The molecular weight excluding hydrogens is 222 g/mol. The molecule has 18 heavy (non-hydrogen) atoms. The number of hydrogen-bond acceptors (Lipinski definition) is 2. The van der Waals surface area contributed by atoms with Crippen LogP contribution in [0.1, 0.15) is 37.9 Å². The first-order valence-corrected chi connectivity index (χ1v) is 6.96. The molecule has 1 aliphatic carbocycles. The summed E-state index contributed by atoms with van der Waals surface area (Å²) in [7, 11) is 0. The zero-order chi connectivity index (χ0) is 12.5. The Morgan fingerprint density at radius 2 is 2.11 bits per heavy atom. The van der Waals surface area contributed by atoms with Crippen molar-refractivity contribution in [2.45, 2.75) is 45.6 Å². The van der Waals surface area contributed by atoms with Gasteiger partial charge in [0.1, 0.15) is 5.82 Å². The highest BCUT2D eigenvalue weighted by atomic mass is 15.1. The van der Waals surface area contributed by atoms with E-state index in [9.17, 15) is 0 Å². The van der Waals surface area contributed by atoms with Crippen LogP contribution in [0.2, 0.25) is 0 Å². The third-order valence-electron chi connectivity index (χ3n) is 4.20. The molecule has 0 saturated heterocycles. The Labute approximate surface area is 108 Å². The molecule has 0 radical (unpaired) electrons. The Balaban J connectivity index is 1.84. The highest BCUT2D eigenvalue weighted by molar-refractivity contribution is 5.79. The van der Waals surface area contributed by atoms with Gasteiger partial charge in [-0.1, -0.05) is 25.7 Å². The molecule has 2 N–H and O–H groups in total. The summed E-state index contributed by atoms with van der Waals surface area (Å²) in [5, 5.41) is 0. The van der Waals surface area contributed by atoms with E-state index in [0.717, 1.165) is 29.5 Å². The van der Waals surface area contributed by atoms with Crippen LogP contribution < -0.4 is 5.73 Å².